The van der Waals surface area contributed by atoms with Crippen molar-refractivity contribution >= 4 is 6.08 Å². The largest absolute Gasteiger partial charge is 0.493 e. The minimum absolute atomic E-state index is 0.717. The van der Waals surface area contributed by atoms with Gasteiger partial charge in [-0.15, -0.1) is 0 Å². The van der Waals surface area contributed by atoms with Gasteiger partial charge in [-0.3, -0.25) is 0 Å². The monoisotopic (exact) mass is 162 g/mol. The van der Waals surface area contributed by atoms with Crippen LogP contribution in [0.3, 0.4) is 0 Å². The lowest BCUT2D eigenvalue weighted by Gasteiger charge is -2.05. The van der Waals surface area contributed by atoms with E-state index in [2.05, 4.69) is 0 Å². The molecule has 0 radical (unpaired) electrons. The topological polar surface area (TPSA) is 9.23 Å². The molecule has 0 heterocycles. The number of benzene rings is 1. The van der Waals surface area contributed by atoms with Gasteiger partial charge >= 0.3 is 0 Å². The van der Waals surface area contributed by atoms with Crippen LogP contribution < -0.4 is 4.74 Å². The van der Waals surface area contributed by atoms with Crippen molar-refractivity contribution in [3.63, 3.8) is 0 Å². The maximum absolute atomic E-state index is 5.44. The van der Waals surface area contributed by atoms with E-state index < -0.39 is 0 Å². The minimum atomic E-state index is 0.717. The van der Waals surface area contributed by atoms with Gasteiger partial charge in [0.15, 0.2) is 0 Å². The highest BCUT2D eigenvalue weighted by molar-refractivity contribution is 5.56. The van der Waals surface area contributed by atoms with Crippen LogP contribution in [0.25, 0.3) is 6.08 Å². The molecule has 0 saturated carbocycles. The molecule has 0 aliphatic carbocycles. The van der Waals surface area contributed by atoms with Gasteiger partial charge in [0, 0.05) is 5.56 Å². The lowest BCUT2D eigenvalue weighted by Crippen LogP contribution is -1.92. The van der Waals surface area contributed by atoms with Gasteiger partial charge in [0.25, 0.3) is 0 Å². The molecule has 64 valence electrons. The summed E-state index contributed by atoms with van der Waals surface area (Å²) in [6.45, 7) is 4.71. The van der Waals surface area contributed by atoms with Crippen molar-refractivity contribution < 1.29 is 4.74 Å². The Morgan fingerprint density at radius 2 is 2.08 bits per heavy atom. The van der Waals surface area contributed by atoms with Crippen LogP contribution in [0.15, 0.2) is 30.3 Å². The van der Waals surface area contributed by atoms with Crippen molar-refractivity contribution in [2.45, 2.75) is 13.8 Å². The molecule has 0 atom stereocenters. The van der Waals surface area contributed by atoms with Crippen LogP contribution in [-0.2, 0) is 0 Å². The third-order valence-corrected chi connectivity index (χ3v) is 1.57. The Morgan fingerprint density at radius 3 is 2.75 bits per heavy atom. The molecule has 0 aromatic heterocycles. The Morgan fingerprint density at radius 1 is 1.33 bits per heavy atom. The van der Waals surface area contributed by atoms with Crippen LogP contribution in [0.5, 0.6) is 5.75 Å². The molecule has 1 aromatic rings. The molecule has 1 heteroatoms. The van der Waals surface area contributed by atoms with Crippen LogP contribution in [0, 0.1) is 0 Å². The molecule has 1 rings (SSSR count). The van der Waals surface area contributed by atoms with Crippen molar-refractivity contribution in [3.05, 3.63) is 35.9 Å². The zero-order chi connectivity index (χ0) is 8.81. The number of rotatable bonds is 3. The van der Waals surface area contributed by atoms with E-state index >= 15 is 0 Å². The highest BCUT2D eigenvalue weighted by Gasteiger charge is 1.95. The van der Waals surface area contributed by atoms with Gasteiger partial charge in [0.1, 0.15) is 5.75 Å². The molecule has 0 saturated heterocycles. The Kier molecular flexibility index (Phi) is 3.39. The van der Waals surface area contributed by atoms with Crippen molar-refractivity contribution in [3.8, 4) is 5.75 Å². The maximum atomic E-state index is 5.44. The fourth-order valence-electron chi connectivity index (χ4n) is 1.08. The van der Waals surface area contributed by atoms with Gasteiger partial charge in [-0.1, -0.05) is 30.4 Å². The molecule has 0 amide bonds. The average Bonchev–Trinajstić information content (AvgIpc) is 2.09. The first kappa shape index (κ1) is 8.85. The van der Waals surface area contributed by atoms with E-state index in [1.807, 2.05) is 50.3 Å². The number of hydrogen-bond donors (Lipinski definition) is 0. The lowest BCUT2D eigenvalue weighted by atomic mass is 10.2. The molecular formula is C11H14O. The molecule has 0 aliphatic rings. The third kappa shape index (κ3) is 2.12. The molecule has 0 spiro atoms. The van der Waals surface area contributed by atoms with Crippen LogP contribution in [0.2, 0.25) is 0 Å². The van der Waals surface area contributed by atoms with Crippen molar-refractivity contribution in [2.24, 2.45) is 0 Å². The smallest absolute Gasteiger partial charge is 0.126 e. The van der Waals surface area contributed by atoms with Crippen LogP contribution >= 0.6 is 0 Å². The number of allylic oxidation sites excluding steroid dienone is 1. The molecule has 0 unspecified atom stereocenters. The van der Waals surface area contributed by atoms with Crippen molar-refractivity contribution in [2.75, 3.05) is 6.61 Å². The Bertz CT molecular complexity index is 263. The lowest BCUT2D eigenvalue weighted by molar-refractivity contribution is 0.339. The average molecular weight is 162 g/mol. The second kappa shape index (κ2) is 4.60. The number of hydrogen-bond acceptors (Lipinski definition) is 1. The van der Waals surface area contributed by atoms with E-state index in [1.54, 1.807) is 0 Å². The molecule has 1 nitrogen and oxygen atoms in total. The van der Waals surface area contributed by atoms with Crippen LogP contribution in [0.1, 0.15) is 19.4 Å². The highest BCUT2D eigenvalue weighted by Crippen LogP contribution is 2.18. The molecule has 0 bridgehead atoms. The molecule has 0 aliphatic heterocycles. The van der Waals surface area contributed by atoms with E-state index in [4.69, 9.17) is 4.74 Å². The van der Waals surface area contributed by atoms with E-state index in [-0.39, 0.29) is 0 Å². The normalized spacial score (nSPS) is 10.5. The van der Waals surface area contributed by atoms with Gasteiger partial charge in [0.05, 0.1) is 6.61 Å². The predicted octanol–water partition coefficient (Wildman–Crippen LogP) is 3.12. The van der Waals surface area contributed by atoms with E-state index in [1.165, 1.54) is 0 Å². The molecule has 0 fully saturated rings. The third-order valence-electron chi connectivity index (χ3n) is 1.57. The summed E-state index contributed by atoms with van der Waals surface area (Å²) in [6, 6.07) is 8.03. The molecule has 12 heavy (non-hydrogen) atoms. The Labute approximate surface area is 73.7 Å². The fraction of sp³-hybridized carbons (Fsp3) is 0.273. The quantitative estimate of drug-likeness (QED) is 0.663. The SMILES string of the molecule is C/C=C/c1ccccc1OCC. The summed E-state index contributed by atoms with van der Waals surface area (Å²) in [4.78, 5) is 0. The van der Waals surface area contributed by atoms with Gasteiger partial charge in [-0.05, 0) is 19.9 Å². The maximum Gasteiger partial charge on any atom is 0.126 e. The van der Waals surface area contributed by atoms with Crippen LogP contribution in [0.4, 0.5) is 0 Å². The van der Waals surface area contributed by atoms with E-state index in [9.17, 15) is 0 Å². The minimum Gasteiger partial charge on any atom is -0.493 e. The Balaban J connectivity index is 2.91. The van der Waals surface area contributed by atoms with E-state index in [0.29, 0.717) is 6.61 Å². The summed E-state index contributed by atoms with van der Waals surface area (Å²) >= 11 is 0. The van der Waals surface area contributed by atoms with Crippen LogP contribution in [-0.4, -0.2) is 6.61 Å². The Hall–Kier alpha value is -1.24. The van der Waals surface area contributed by atoms with Gasteiger partial charge in [-0.2, -0.15) is 0 Å². The van der Waals surface area contributed by atoms with Gasteiger partial charge in [0.2, 0.25) is 0 Å². The standard InChI is InChI=1S/C11H14O/c1-3-7-10-8-5-6-9-11(10)12-4-2/h3,5-9H,4H2,1-2H3/b7-3+. The zero-order valence-corrected chi connectivity index (χ0v) is 7.58. The summed E-state index contributed by atoms with van der Waals surface area (Å²) in [5.74, 6) is 0.957. The van der Waals surface area contributed by atoms with E-state index in [0.717, 1.165) is 11.3 Å². The molecular weight excluding hydrogens is 148 g/mol. The predicted molar refractivity (Wildman–Crippen MR) is 52.3 cm³/mol. The first-order valence-corrected chi connectivity index (χ1v) is 4.23. The second-order valence-corrected chi connectivity index (χ2v) is 2.47. The van der Waals surface area contributed by atoms with Gasteiger partial charge < -0.3 is 4.74 Å². The summed E-state index contributed by atoms with van der Waals surface area (Å²) in [5.41, 5.74) is 1.14. The first-order chi connectivity index (χ1) is 5.88. The summed E-state index contributed by atoms with van der Waals surface area (Å²) in [5, 5.41) is 0. The number of ether oxygens (including phenoxy) is 1. The summed E-state index contributed by atoms with van der Waals surface area (Å²) in [7, 11) is 0. The van der Waals surface area contributed by atoms with Gasteiger partial charge in [-0.25, -0.2) is 0 Å². The summed E-state index contributed by atoms with van der Waals surface area (Å²) < 4.78 is 5.44. The van der Waals surface area contributed by atoms with Crippen molar-refractivity contribution in [1.82, 2.24) is 0 Å². The highest BCUT2D eigenvalue weighted by atomic mass is 16.5. The molecule has 0 N–H and O–H groups in total. The van der Waals surface area contributed by atoms with Crippen molar-refractivity contribution in [1.29, 1.82) is 0 Å². The second-order valence-electron chi connectivity index (χ2n) is 2.47. The fourth-order valence-corrected chi connectivity index (χ4v) is 1.08. The zero-order valence-electron chi connectivity index (χ0n) is 7.58. The summed E-state index contributed by atoms with van der Waals surface area (Å²) in [6.07, 6.45) is 4.06. The molecule has 1 aromatic carbocycles. The number of para-hydroxylation sites is 1. The first-order valence-electron chi connectivity index (χ1n) is 4.23.